The van der Waals surface area contributed by atoms with E-state index in [9.17, 15) is 13.2 Å². The average molecular weight is 408 g/mol. The van der Waals surface area contributed by atoms with E-state index in [-0.39, 0.29) is 23.5 Å². The first-order valence-electron chi connectivity index (χ1n) is 6.27. The standard InChI is InChI=1S/C13H17IN2O3S/c1-15(2)16(12-6-7-20(18,19)9-12)13(17)10-4-3-5-11(14)8-10/h3-5,8,12H,6-7,9H2,1-2H3. The zero-order valence-corrected chi connectivity index (χ0v) is 14.4. The first-order valence-corrected chi connectivity index (χ1v) is 9.17. The van der Waals surface area contributed by atoms with Crippen LogP contribution in [0.2, 0.25) is 0 Å². The second kappa shape index (κ2) is 5.98. The number of hydrogen-bond donors (Lipinski definition) is 0. The summed E-state index contributed by atoms with van der Waals surface area (Å²) in [5.41, 5.74) is 0.579. The summed E-state index contributed by atoms with van der Waals surface area (Å²) in [6, 6.07) is 7.03. The Morgan fingerprint density at radius 1 is 1.35 bits per heavy atom. The van der Waals surface area contributed by atoms with Crippen molar-refractivity contribution in [2.75, 3.05) is 25.6 Å². The van der Waals surface area contributed by atoms with Crippen molar-refractivity contribution < 1.29 is 13.2 Å². The van der Waals surface area contributed by atoms with Gasteiger partial charge < -0.3 is 0 Å². The van der Waals surface area contributed by atoms with Crippen molar-refractivity contribution in [3.63, 3.8) is 0 Å². The van der Waals surface area contributed by atoms with Gasteiger partial charge in [0.1, 0.15) is 0 Å². The van der Waals surface area contributed by atoms with Crippen molar-refractivity contribution in [2.24, 2.45) is 0 Å². The lowest BCUT2D eigenvalue weighted by atomic mass is 10.1. The van der Waals surface area contributed by atoms with Crippen molar-refractivity contribution in [2.45, 2.75) is 12.5 Å². The van der Waals surface area contributed by atoms with Crippen LogP contribution in [-0.2, 0) is 9.84 Å². The van der Waals surface area contributed by atoms with Gasteiger partial charge >= 0.3 is 0 Å². The summed E-state index contributed by atoms with van der Waals surface area (Å²) in [4.78, 5) is 12.6. The Bertz CT molecular complexity index is 616. The molecule has 0 radical (unpaired) electrons. The van der Waals surface area contributed by atoms with Crippen molar-refractivity contribution in [3.8, 4) is 0 Å². The Labute approximate surface area is 133 Å². The summed E-state index contributed by atoms with van der Waals surface area (Å²) in [7, 11) is 0.501. The van der Waals surface area contributed by atoms with Gasteiger partial charge in [-0.25, -0.2) is 13.4 Å². The number of amides is 1. The molecule has 1 fully saturated rings. The third kappa shape index (κ3) is 3.50. The Balaban J connectivity index is 2.28. The minimum absolute atomic E-state index is 0.0425. The summed E-state index contributed by atoms with van der Waals surface area (Å²) in [5, 5.41) is 3.23. The zero-order chi connectivity index (χ0) is 14.9. The third-order valence-corrected chi connectivity index (χ3v) is 5.69. The number of rotatable bonds is 3. The van der Waals surface area contributed by atoms with E-state index < -0.39 is 9.84 Å². The number of nitrogens with zero attached hydrogens (tertiary/aromatic N) is 2. The van der Waals surface area contributed by atoms with Crippen LogP contribution in [0.5, 0.6) is 0 Å². The van der Waals surface area contributed by atoms with E-state index in [2.05, 4.69) is 22.6 Å². The molecular formula is C13H17IN2O3S. The van der Waals surface area contributed by atoms with Gasteiger partial charge in [-0.1, -0.05) is 6.07 Å². The normalized spacial score (nSPS) is 21.1. The third-order valence-electron chi connectivity index (χ3n) is 3.26. The smallest absolute Gasteiger partial charge is 0.268 e. The maximum Gasteiger partial charge on any atom is 0.268 e. The predicted octanol–water partition coefficient (Wildman–Crippen LogP) is 1.40. The molecule has 0 spiro atoms. The van der Waals surface area contributed by atoms with Gasteiger partial charge in [-0.15, -0.1) is 0 Å². The Morgan fingerprint density at radius 2 is 2.05 bits per heavy atom. The van der Waals surface area contributed by atoms with E-state index in [1.807, 2.05) is 18.2 Å². The molecule has 1 heterocycles. The molecule has 20 heavy (non-hydrogen) atoms. The highest BCUT2D eigenvalue weighted by molar-refractivity contribution is 14.1. The highest BCUT2D eigenvalue weighted by Crippen LogP contribution is 2.21. The van der Waals surface area contributed by atoms with E-state index in [0.29, 0.717) is 12.0 Å². The summed E-state index contributed by atoms with van der Waals surface area (Å²) >= 11 is 2.15. The highest BCUT2D eigenvalue weighted by atomic mass is 127. The van der Waals surface area contributed by atoms with E-state index in [0.717, 1.165) is 3.57 Å². The molecule has 5 nitrogen and oxygen atoms in total. The maximum atomic E-state index is 12.6. The van der Waals surface area contributed by atoms with Gasteiger partial charge in [-0.2, -0.15) is 0 Å². The van der Waals surface area contributed by atoms with Crippen LogP contribution in [-0.4, -0.2) is 56.0 Å². The average Bonchev–Trinajstić information content (AvgIpc) is 2.69. The molecule has 1 aromatic carbocycles. The molecule has 0 saturated carbocycles. The van der Waals surface area contributed by atoms with E-state index in [1.165, 1.54) is 0 Å². The van der Waals surface area contributed by atoms with Crippen LogP contribution in [0.3, 0.4) is 0 Å². The van der Waals surface area contributed by atoms with Crippen molar-refractivity contribution >= 4 is 38.3 Å². The molecule has 1 saturated heterocycles. The van der Waals surface area contributed by atoms with Crippen LogP contribution in [0.25, 0.3) is 0 Å². The van der Waals surface area contributed by atoms with E-state index in [1.54, 1.807) is 30.2 Å². The summed E-state index contributed by atoms with van der Waals surface area (Å²) < 4.78 is 24.2. The molecule has 0 bridgehead atoms. The Morgan fingerprint density at radius 3 is 2.55 bits per heavy atom. The molecule has 1 atom stereocenters. The molecule has 0 aromatic heterocycles. The number of sulfone groups is 1. The van der Waals surface area contributed by atoms with Crippen molar-refractivity contribution in [1.29, 1.82) is 0 Å². The fraction of sp³-hybridized carbons (Fsp3) is 0.462. The van der Waals surface area contributed by atoms with Crippen LogP contribution in [0.4, 0.5) is 0 Å². The number of carbonyl (C=O) groups is 1. The molecule has 1 aliphatic rings. The van der Waals surface area contributed by atoms with Gasteiger partial charge in [0.15, 0.2) is 9.84 Å². The summed E-state index contributed by atoms with van der Waals surface area (Å²) in [6.07, 6.45) is 0.496. The van der Waals surface area contributed by atoms with Gasteiger partial charge in [-0.05, 0) is 47.2 Å². The first kappa shape index (κ1) is 15.7. The lowest BCUT2D eigenvalue weighted by Gasteiger charge is -2.33. The first-order chi connectivity index (χ1) is 9.30. The van der Waals surface area contributed by atoms with Crippen LogP contribution in [0.15, 0.2) is 24.3 Å². The molecule has 0 aliphatic carbocycles. The highest BCUT2D eigenvalue weighted by Gasteiger charge is 2.36. The van der Waals surface area contributed by atoms with Crippen molar-refractivity contribution in [3.05, 3.63) is 33.4 Å². The maximum absolute atomic E-state index is 12.6. The topological polar surface area (TPSA) is 57.7 Å². The van der Waals surface area contributed by atoms with Crippen LogP contribution < -0.4 is 0 Å². The molecule has 110 valence electrons. The minimum Gasteiger partial charge on any atom is -0.268 e. The molecule has 0 N–H and O–H groups in total. The Hall–Kier alpha value is -0.670. The number of halogens is 1. The molecule has 1 aliphatic heterocycles. The zero-order valence-electron chi connectivity index (χ0n) is 11.4. The molecular weight excluding hydrogens is 391 g/mol. The lowest BCUT2D eigenvalue weighted by molar-refractivity contribution is 0.00101. The van der Waals surface area contributed by atoms with E-state index in [4.69, 9.17) is 0 Å². The second-order valence-corrected chi connectivity index (χ2v) is 8.54. The molecule has 7 heteroatoms. The molecule has 1 aromatic rings. The number of hydrogen-bond acceptors (Lipinski definition) is 4. The number of benzene rings is 1. The van der Waals surface area contributed by atoms with Gasteiger partial charge in [0, 0.05) is 23.2 Å². The van der Waals surface area contributed by atoms with Gasteiger partial charge in [0.25, 0.3) is 5.91 Å². The van der Waals surface area contributed by atoms with Crippen LogP contribution >= 0.6 is 22.6 Å². The second-order valence-electron chi connectivity index (χ2n) is 5.06. The summed E-state index contributed by atoms with van der Waals surface area (Å²) in [6.45, 7) is 0. The number of carbonyl (C=O) groups excluding carboxylic acids is 1. The van der Waals surface area contributed by atoms with Gasteiger partial charge in [0.2, 0.25) is 0 Å². The minimum atomic E-state index is -3.02. The largest absolute Gasteiger partial charge is 0.268 e. The summed E-state index contributed by atoms with van der Waals surface area (Å²) in [5.74, 6) is 0.0400. The predicted molar refractivity (Wildman–Crippen MR) is 86.1 cm³/mol. The van der Waals surface area contributed by atoms with Crippen LogP contribution in [0, 0.1) is 3.57 Å². The monoisotopic (exact) mass is 408 g/mol. The Kier molecular flexibility index (Phi) is 4.70. The van der Waals surface area contributed by atoms with Crippen molar-refractivity contribution in [1.82, 2.24) is 10.0 Å². The fourth-order valence-electron chi connectivity index (χ4n) is 2.40. The SMILES string of the molecule is CN(C)N(C(=O)c1cccc(I)c1)C1CCS(=O)(=O)C1. The number of hydrazine groups is 1. The molecule has 2 rings (SSSR count). The lowest BCUT2D eigenvalue weighted by Crippen LogP contribution is -2.49. The van der Waals surface area contributed by atoms with Crippen LogP contribution in [0.1, 0.15) is 16.8 Å². The van der Waals surface area contributed by atoms with Gasteiger partial charge in [0.05, 0.1) is 17.5 Å². The molecule has 1 amide bonds. The fourth-order valence-corrected chi connectivity index (χ4v) is 4.63. The quantitative estimate of drug-likeness (QED) is 0.561. The van der Waals surface area contributed by atoms with E-state index >= 15 is 0 Å². The van der Waals surface area contributed by atoms with Gasteiger partial charge in [-0.3, -0.25) is 9.80 Å². The molecule has 1 unspecified atom stereocenters.